The standard InChI is InChI=1S/C40H54N8O6S2/c1-25(2)33(45-39(53)47(5)23-31-41-17-19-55-31)37(51)43-29(21-27-13-9-7-10-14-27)35(49)36(50)30(22-28-15-11-8-12-16-28)44-38(52)34(26(3)4)46-40(54)48(6)24-32-42-18-20-56-32/h7-20,25-26,29-30,33-36,49-50H,21-24H2,1-6H3,(H,43,51)(H,44,52)(H,45,53)(H,46,54)/t29-,30-,33-,34-,35-,36+/m0/s1. The van der Waals surface area contributed by atoms with E-state index >= 15 is 0 Å². The first-order valence-corrected chi connectivity index (χ1v) is 20.3. The topological polar surface area (TPSA) is 189 Å². The van der Waals surface area contributed by atoms with Crippen LogP contribution in [0.15, 0.2) is 83.8 Å². The molecule has 0 spiro atoms. The minimum absolute atomic E-state index is 0.135. The molecule has 2 heterocycles. The Bertz CT molecular complexity index is 1670. The molecule has 0 saturated heterocycles. The highest BCUT2D eigenvalue weighted by Gasteiger charge is 2.38. The molecule has 4 aromatic rings. The van der Waals surface area contributed by atoms with Crippen LogP contribution in [0, 0.1) is 11.8 Å². The van der Waals surface area contributed by atoms with Gasteiger partial charge in [0.25, 0.3) is 0 Å². The second-order valence-corrected chi connectivity index (χ2v) is 16.5. The number of thiazole rings is 2. The normalized spacial score (nSPS) is 14.5. The van der Waals surface area contributed by atoms with Crippen LogP contribution < -0.4 is 21.3 Å². The van der Waals surface area contributed by atoms with E-state index in [0.29, 0.717) is 0 Å². The van der Waals surface area contributed by atoms with Gasteiger partial charge in [0, 0.05) is 37.2 Å². The van der Waals surface area contributed by atoms with Gasteiger partial charge in [0.1, 0.15) is 34.3 Å². The van der Waals surface area contributed by atoms with Gasteiger partial charge in [-0.2, -0.15) is 0 Å². The summed E-state index contributed by atoms with van der Waals surface area (Å²) in [5, 5.41) is 40.5. The van der Waals surface area contributed by atoms with E-state index in [1.54, 1.807) is 54.2 Å². The first kappa shape index (κ1) is 43.8. The molecule has 0 aliphatic rings. The zero-order valence-electron chi connectivity index (χ0n) is 32.7. The van der Waals surface area contributed by atoms with Crippen molar-refractivity contribution in [1.82, 2.24) is 41.0 Å². The van der Waals surface area contributed by atoms with Gasteiger partial charge in [0.05, 0.1) is 25.2 Å². The highest BCUT2D eigenvalue weighted by atomic mass is 32.1. The van der Waals surface area contributed by atoms with Crippen LogP contribution >= 0.6 is 22.7 Å². The van der Waals surface area contributed by atoms with Crippen LogP contribution in [0.4, 0.5) is 9.59 Å². The number of aliphatic hydroxyl groups excluding tert-OH is 2. The third-order valence-electron chi connectivity index (χ3n) is 9.29. The van der Waals surface area contributed by atoms with Gasteiger partial charge < -0.3 is 41.3 Å². The van der Waals surface area contributed by atoms with E-state index in [4.69, 9.17) is 0 Å². The lowest BCUT2D eigenvalue weighted by molar-refractivity contribution is -0.129. The van der Waals surface area contributed by atoms with Crippen molar-refractivity contribution in [3.63, 3.8) is 0 Å². The highest BCUT2D eigenvalue weighted by molar-refractivity contribution is 7.09. The molecular formula is C40H54N8O6S2. The first-order chi connectivity index (χ1) is 26.7. The van der Waals surface area contributed by atoms with E-state index < -0.39 is 60.3 Å². The predicted molar refractivity (Wildman–Crippen MR) is 218 cm³/mol. The monoisotopic (exact) mass is 806 g/mol. The van der Waals surface area contributed by atoms with Crippen LogP contribution in [-0.4, -0.2) is 104 Å². The average molecular weight is 807 g/mol. The SMILES string of the molecule is CC(C)[C@H](NC(=O)N(C)Cc1nccs1)C(=O)N[C@@H](Cc1ccccc1)[C@H](O)[C@H](O)[C@H](Cc1ccccc1)NC(=O)[C@@H](NC(=O)N(C)Cc1nccs1)C(C)C. The second kappa shape index (κ2) is 21.4. The van der Waals surface area contributed by atoms with E-state index in [9.17, 15) is 29.4 Å². The Morgan fingerprint density at radius 2 is 0.964 bits per heavy atom. The van der Waals surface area contributed by atoms with Crippen molar-refractivity contribution in [3.8, 4) is 0 Å². The maximum absolute atomic E-state index is 14.0. The Kier molecular flexibility index (Phi) is 16.8. The molecule has 16 heteroatoms. The van der Waals surface area contributed by atoms with Crippen molar-refractivity contribution >= 4 is 46.6 Å². The van der Waals surface area contributed by atoms with Crippen LogP contribution in [0.25, 0.3) is 0 Å². The van der Waals surface area contributed by atoms with E-state index in [1.807, 2.05) is 71.4 Å². The molecule has 0 aliphatic heterocycles. The molecule has 0 radical (unpaired) electrons. The zero-order chi connectivity index (χ0) is 40.8. The van der Waals surface area contributed by atoms with Crippen molar-refractivity contribution in [1.29, 1.82) is 0 Å². The van der Waals surface area contributed by atoms with Crippen LogP contribution in [0.3, 0.4) is 0 Å². The molecule has 0 saturated carbocycles. The fourth-order valence-corrected chi connectivity index (χ4v) is 7.38. The maximum atomic E-state index is 14.0. The largest absolute Gasteiger partial charge is 0.388 e. The number of hydrogen-bond donors (Lipinski definition) is 6. The lowest BCUT2D eigenvalue weighted by Gasteiger charge is -2.35. The van der Waals surface area contributed by atoms with Gasteiger partial charge in [-0.1, -0.05) is 88.4 Å². The molecule has 0 bridgehead atoms. The Morgan fingerprint density at radius 3 is 1.27 bits per heavy atom. The Balaban J connectivity index is 1.56. The minimum Gasteiger partial charge on any atom is -0.388 e. The van der Waals surface area contributed by atoms with Gasteiger partial charge in [0.2, 0.25) is 11.8 Å². The summed E-state index contributed by atoms with van der Waals surface area (Å²) >= 11 is 2.83. The first-order valence-electron chi connectivity index (χ1n) is 18.6. The molecule has 0 aliphatic carbocycles. The van der Waals surface area contributed by atoms with Crippen LogP contribution in [-0.2, 0) is 35.5 Å². The minimum atomic E-state index is -1.58. The number of nitrogens with zero attached hydrogens (tertiary/aromatic N) is 4. The summed E-state index contributed by atoms with van der Waals surface area (Å²) in [6, 6.07) is 13.4. The molecule has 14 nitrogen and oxygen atoms in total. The van der Waals surface area contributed by atoms with Crippen LogP contribution in [0.2, 0.25) is 0 Å². The predicted octanol–water partition coefficient (Wildman–Crippen LogP) is 3.81. The zero-order valence-corrected chi connectivity index (χ0v) is 34.3. The number of benzene rings is 2. The maximum Gasteiger partial charge on any atom is 0.318 e. The van der Waals surface area contributed by atoms with Crippen molar-refractivity contribution in [3.05, 3.63) is 105 Å². The summed E-state index contributed by atoms with van der Waals surface area (Å²) in [5.41, 5.74) is 1.57. The molecule has 2 aromatic heterocycles. The molecule has 2 aromatic carbocycles. The molecule has 56 heavy (non-hydrogen) atoms. The lowest BCUT2D eigenvalue weighted by atomic mass is 9.90. The summed E-state index contributed by atoms with van der Waals surface area (Å²) in [6.07, 6.45) is 0.418. The van der Waals surface area contributed by atoms with Gasteiger partial charge >= 0.3 is 12.1 Å². The quantitative estimate of drug-likeness (QED) is 0.0826. The third kappa shape index (κ3) is 13.1. The van der Waals surface area contributed by atoms with Gasteiger partial charge in [-0.25, -0.2) is 19.6 Å². The fraction of sp³-hybridized carbons (Fsp3) is 0.450. The number of amides is 6. The van der Waals surface area contributed by atoms with Gasteiger partial charge in [-0.05, 0) is 35.8 Å². The van der Waals surface area contributed by atoms with Crippen molar-refractivity contribution in [2.75, 3.05) is 14.1 Å². The molecule has 0 fully saturated rings. The summed E-state index contributed by atoms with van der Waals surface area (Å²) in [7, 11) is 3.23. The molecule has 6 N–H and O–H groups in total. The van der Waals surface area contributed by atoms with E-state index in [-0.39, 0.29) is 37.8 Å². The molecule has 6 amide bonds. The Morgan fingerprint density at radius 1 is 0.607 bits per heavy atom. The third-order valence-corrected chi connectivity index (χ3v) is 10.8. The number of aromatic nitrogens is 2. The van der Waals surface area contributed by atoms with Gasteiger partial charge in [0.15, 0.2) is 0 Å². The van der Waals surface area contributed by atoms with Crippen molar-refractivity contribution in [2.45, 2.75) is 90.0 Å². The lowest BCUT2D eigenvalue weighted by Crippen LogP contribution is -2.62. The summed E-state index contributed by atoms with van der Waals surface area (Å²) < 4.78 is 0. The molecule has 4 rings (SSSR count). The van der Waals surface area contributed by atoms with Crippen LogP contribution in [0.1, 0.15) is 48.8 Å². The molecule has 0 unspecified atom stereocenters. The Labute approximate surface area is 336 Å². The van der Waals surface area contributed by atoms with Gasteiger partial charge in [-0.15, -0.1) is 22.7 Å². The smallest absolute Gasteiger partial charge is 0.318 e. The number of nitrogens with one attached hydrogen (secondary N) is 4. The molecular weight excluding hydrogens is 753 g/mol. The number of carbonyl (C=O) groups is 4. The summed E-state index contributed by atoms with van der Waals surface area (Å²) in [4.78, 5) is 65.7. The molecule has 302 valence electrons. The van der Waals surface area contributed by atoms with Crippen LogP contribution in [0.5, 0.6) is 0 Å². The number of urea groups is 2. The van der Waals surface area contributed by atoms with Gasteiger partial charge in [-0.3, -0.25) is 9.59 Å². The number of aliphatic hydroxyl groups is 2. The number of rotatable bonds is 19. The van der Waals surface area contributed by atoms with E-state index in [0.717, 1.165) is 21.1 Å². The van der Waals surface area contributed by atoms with E-state index in [1.165, 1.54) is 32.5 Å². The highest BCUT2D eigenvalue weighted by Crippen LogP contribution is 2.17. The van der Waals surface area contributed by atoms with Crippen molar-refractivity contribution < 1.29 is 29.4 Å². The molecule has 6 atom stereocenters. The summed E-state index contributed by atoms with van der Waals surface area (Å²) in [5.74, 6) is -1.76. The fourth-order valence-electron chi connectivity index (χ4n) is 6.04. The number of carbonyl (C=O) groups excluding carboxylic acids is 4. The van der Waals surface area contributed by atoms with E-state index in [2.05, 4.69) is 31.2 Å². The van der Waals surface area contributed by atoms with Crippen molar-refractivity contribution in [2.24, 2.45) is 11.8 Å². The Hall–Kier alpha value is -4.90. The number of hydrogen-bond acceptors (Lipinski definition) is 10. The average Bonchev–Trinajstić information content (AvgIpc) is 3.90. The second-order valence-electron chi connectivity index (χ2n) is 14.5. The summed E-state index contributed by atoms with van der Waals surface area (Å²) in [6.45, 7) is 7.72.